The van der Waals surface area contributed by atoms with Crippen LogP contribution >= 0.6 is 0 Å². The number of hydrogen-bond donors (Lipinski definition) is 1. The number of fused-ring (bicyclic) bond motifs is 1. The highest BCUT2D eigenvalue weighted by atomic mass is 14.6. The first-order valence-corrected chi connectivity index (χ1v) is 5.78. The zero-order chi connectivity index (χ0) is 11.0. The maximum Gasteiger partial charge on any atom is 0.0560 e. The van der Waals surface area contributed by atoms with Gasteiger partial charge in [0.05, 0.1) is 6.04 Å². The molecule has 0 spiro atoms. The van der Waals surface area contributed by atoms with Crippen molar-refractivity contribution in [3.05, 3.63) is 64.8 Å². The van der Waals surface area contributed by atoms with Crippen LogP contribution in [0, 0.1) is 0 Å². The topological polar surface area (TPSA) is 26.0 Å². The molecule has 0 bridgehead atoms. The van der Waals surface area contributed by atoms with E-state index in [9.17, 15) is 0 Å². The zero-order valence-corrected chi connectivity index (χ0v) is 9.19. The fraction of sp³-hybridized carbons (Fsp3) is 0.200. The van der Waals surface area contributed by atoms with Gasteiger partial charge in [-0.2, -0.15) is 0 Å². The molecule has 1 atom stereocenters. The number of rotatable bonds is 0. The van der Waals surface area contributed by atoms with Crippen LogP contribution in [0.2, 0.25) is 0 Å². The summed E-state index contributed by atoms with van der Waals surface area (Å²) in [6.07, 6.45) is 11.1. The molecule has 0 saturated heterocycles. The first-order valence-electron chi connectivity index (χ1n) is 5.78. The van der Waals surface area contributed by atoms with Gasteiger partial charge in [0, 0.05) is 0 Å². The Balaban J connectivity index is 2.17. The van der Waals surface area contributed by atoms with Crippen molar-refractivity contribution in [2.45, 2.75) is 18.9 Å². The summed E-state index contributed by atoms with van der Waals surface area (Å²) in [5.41, 5.74) is 11.5. The van der Waals surface area contributed by atoms with Gasteiger partial charge in [-0.25, -0.2) is 0 Å². The molecule has 80 valence electrons. The molecule has 2 N–H and O–H groups in total. The van der Waals surface area contributed by atoms with Crippen molar-refractivity contribution in [2.75, 3.05) is 0 Å². The van der Waals surface area contributed by atoms with Crippen LogP contribution in [0.5, 0.6) is 0 Å². The van der Waals surface area contributed by atoms with Crippen LogP contribution in [0.4, 0.5) is 0 Å². The Bertz CT molecular complexity index is 506. The summed E-state index contributed by atoms with van der Waals surface area (Å²) in [5, 5.41) is 0. The molecular weight excluding hydrogens is 194 g/mol. The van der Waals surface area contributed by atoms with E-state index in [-0.39, 0.29) is 6.04 Å². The SMILES string of the molecule is NC1C2=C(C=Cc3ccccc31)CCC=C2. The van der Waals surface area contributed by atoms with E-state index in [1.807, 2.05) is 0 Å². The molecule has 2 aliphatic carbocycles. The second kappa shape index (κ2) is 3.76. The van der Waals surface area contributed by atoms with E-state index >= 15 is 0 Å². The zero-order valence-electron chi connectivity index (χ0n) is 9.19. The smallest absolute Gasteiger partial charge is 0.0560 e. The number of allylic oxidation sites excluding steroid dienone is 3. The van der Waals surface area contributed by atoms with Crippen LogP contribution < -0.4 is 5.73 Å². The van der Waals surface area contributed by atoms with Crippen molar-refractivity contribution < 1.29 is 0 Å². The molecule has 1 aromatic carbocycles. The van der Waals surface area contributed by atoms with Gasteiger partial charge in [0.25, 0.3) is 0 Å². The predicted molar refractivity (Wildman–Crippen MR) is 67.8 cm³/mol. The minimum absolute atomic E-state index is 0.0257. The van der Waals surface area contributed by atoms with E-state index in [0.29, 0.717) is 0 Å². The van der Waals surface area contributed by atoms with E-state index in [2.05, 4.69) is 48.6 Å². The van der Waals surface area contributed by atoms with Gasteiger partial charge in [-0.15, -0.1) is 0 Å². The Morgan fingerprint density at radius 3 is 2.88 bits per heavy atom. The lowest BCUT2D eigenvalue weighted by Crippen LogP contribution is -2.14. The number of benzene rings is 1. The van der Waals surface area contributed by atoms with Crippen LogP contribution in [-0.4, -0.2) is 0 Å². The third-order valence-electron chi connectivity index (χ3n) is 3.38. The van der Waals surface area contributed by atoms with Gasteiger partial charge in [-0.1, -0.05) is 48.6 Å². The van der Waals surface area contributed by atoms with Gasteiger partial charge in [-0.05, 0) is 35.1 Å². The molecule has 1 unspecified atom stereocenters. The van der Waals surface area contributed by atoms with Crippen molar-refractivity contribution in [3.63, 3.8) is 0 Å². The summed E-state index contributed by atoms with van der Waals surface area (Å²) in [6, 6.07) is 8.41. The molecule has 0 aromatic heterocycles. The lowest BCUT2D eigenvalue weighted by atomic mass is 9.90. The second-order valence-corrected chi connectivity index (χ2v) is 4.36. The minimum Gasteiger partial charge on any atom is -0.320 e. The molecule has 0 saturated carbocycles. The highest BCUT2D eigenvalue weighted by Gasteiger charge is 2.19. The van der Waals surface area contributed by atoms with E-state index in [0.717, 1.165) is 12.8 Å². The van der Waals surface area contributed by atoms with Crippen LogP contribution in [-0.2, 0) is 0 Å². The highest BCUT2D eigenvalue weighted by Crippen LogP contribution is 2.34. The molecule has 0 fully saturated rings. The summed E-state index contributed by atoms with van der Waals surface area (Å²) in [7, 11) is 0. The van der Waals surface area contributed by atoms with Gasteiger partial charge < -0.3 is 5.73 Å². The molecule has 2 aliphatic rings. The fourth-order valence-electron chi connectivity index (χ4n) is 2.49. The average Bonchev–Trinajstić information content (AvgIpc) is 2.49. The Hall–Kier alpha value is -1.60. The van der Waals surface area contributed by atoms with Crippen LogP contribution in [0.25, 0.3) is 6.08 Å². The molecule has 1 heteroatoms. The maximum atomic E-state index is 6.35. The summed E-state index contributed by atoms with van der Waals surface area (Å²) in [5.74, 6) is 0. The lowest BCUT2D eigenvalue weighted by molar-refractivity contribution is 0.829. The van der Waals surface area contributed by atoms with Crippen molar-refractivity contribution in [1.82, 2.24) is 0 Å². The van der Waals surface area contributed by atoms with E-state index < -0.39 is 0 Å². The maximum absolute atomic E-state index is 6.35. The molecule has 0 amide bonds. The summed E-state index contributed by atoms with van der Waals surface area (Å²) in [4.78, 5) is 0. The van der Waals surface area contributed by atoms with Crippen LogP contribution in [0.15, 0.2) is 53.6 Å². The monoisotopic (exact) mass is 209 g/mol. The first-order chi connectivity index (χ1) is 7.86. The Morgan fingerprint density at radius 2 is 1.94 bits per heavy atom. The number of hydrogen-bond acceptors (Lipinski definition) is 1. The molecule has 3 rings (SSSR count). The summed E-state index contributed by atoms with van der Waals surface area (Å²) in [6.45, 7) is 0. The quantitative estimate of drug-likeness (QED) is 0.696. The molecular formula is C15H15N. The van der Waals surface area contributed by atoms with Gasteiger partial charge in [-0.3, -0.25) is 0 Å². The Morgan fingerprint density at radius 1 is 1.06 bits per heavy atom. The van der Waals surface area contributed by atoms with Crippen molar-refractivity contribution in [1.29, 1.82) is 0 Å². The largest absolute Gasteiger partial charge is 0.320 e. The van der Waals surface area contributed by atoms with Crippen LogP contribution in [0.1, 0.15) is 30.0 Å². The van der Waals surface area contributed by atoms with Crippen molar-refractivity contribution in [3.8, 4) is 0 Å². The predicted octanol–water partition coefficient (Wildman–Crippen LogP) is 3.36. The van der Waals surface area contributed by atoms with E-state index in [1.54, 1.807) is 0 Å². The standard InChI is InChI=1S/C15H15N/c16-15-13-7-3-1-5-11(13)9-10-12-6-2-4-8-14(12)15/h1,3-5,7-10,15H,2,6,16H2. The fourth-order valence-corrected chi connectivity index (χ4v) is 2.49. The van der Waals surface area contributed by atoms with E-state index in [4.69, 9.17) is 5.73 Å². The minimum atomic E-state index is 0.0257. The molecule has 1 aromatic rings. The molecule has 0 aliphatic heterocycles. The van der Waals surface area contributed by atoms with Gasteiger partial charge in [0.15, 0.2) is 0 Å². The van der Waals surface area contributed by atoms with Crippen LogP contribution in [0.3, 0.4) is 0 Å². The highest BCUT2D eigenvalue weighted by molar-refractivity contribution is 5.63. The molecule has 1 nitrogen and oxygen atoms in total. The Labute approximate surface area is 96.0 Å². The van der Waals surface area contributed by atoms with Gasteiger partial charge >= 0.3 is 0 Å². The van der Waals surface area contributed by atoms with E-state index in [1.165, 1.54) is 22.3 Å². The Kier molecular flexibility index (Phi) is 2.26. The average molecular weight is 209 g/mol. The van der Waals surface area contributed by atoms with Crippen molar-refractivity contribution >= 4 is 6.08 Å². The molecule has 0 heterocycles. The van der Waals surface area contributed by atoms with Gasteiger partial charge in [0.1, 0.15) is 0 Å². The van der Waals surface area contributed by atoms with Crippen molar-refractivity contribution in [2.24, 2.45) is 5.73 Å². The summed E-state index contributed by atoms with van der Waals surface area (Å²) < 4.78 is 0. The first kappa shape index (κ1) is 9.61. The number of nitrogens with two attached hydrogens (primary N) is 1. The lowest BCUT2D eigenvalue weighted by Gasteiger charge is -2.19. The third-order valence-corrected chi connectivity index (χ3v) is 3.38. The molecule has 0 radical (unpaired) electrons. The second-order valence-electron chi connectivity index (χ2n) is 4.36. The van der Waals surface area contributed by atoms with Gasteiger partial charge in [0.2, 0.25) is 0 Å². The normalized spacial score (nSPS) is 22.7. The third kappa shape index (κ3) is 1.44. The molecule has 16 heavy (non-hydrogen) atoms. The summed E-state index contributed by atoms with van der Waals surface area (Å²) >= 11 is 0.